The molecule has 1 rings (SSSR count). The zero-order valence-corrected chi connectivity index (χ0v) is 21.5. The number of benzene rings is 1. The molecule has 1 atom stereocenters. The second kappa shape index (κ2) is 8.66. The predicted molar refractivity (Wildman–Crippen MR) is 113 cm³/mol. The second-order valence-electron chi connectivity index (χ2n) is 9.06. The first-order chi connectivity index (χ1) is 11.3. The van der Waals surface area contributed by atoms with Crippen molar-refractivity contribution in [1.29, 1.82) is 0 Å². The second-order valence-corrected chi connectivity index (χ2v) is 18.1. The van der Waals surface area contributed by atoms with Crippen molar-refractivity contribution in [3.05, 3.63) is 28.8 Å². The Morgan fingerprint density at radius 3 is 1.48 bits per heavy atom. The fourth-order valence-corrected chi connectivity index (χ4v) is 6.78. The molecule has 25 heavy (non-hydrogen) atoms. The summed E-state index contributed by atoms with van der Waals surface area (Å²) in [6.45, 7) is 17.3. The molecule has 0 N–H and O–H groups in total. The molecule has 0 radical (unpaired) electrons. The molecule has 0 aliphatic rings. The average Bonchev–Trinajstić information content (AvgIpc) is 2.44. The number of methoxy groups -OCH3 is 2. The Balaban J connectivity index is 3.89. The van der Waals surface area contributed by atoms with Gasteiger partial charge in [0.2, 0.25) is 0 Å². The van der Waals surface area contributed by atoms with Gasteiger partial charge in [-0.3, -0.25) is 0 Å². The van der Waals surface area contributed by atoms with Crippen LogP contribution in [0.15, 0.2) is 12.1 Å². The van der Waals surface area contributed by atoms with E-state index >= 15 is 0 Å². The van der Waals surface area contributed by atoms with E-state index in [0.717, 1.165) is 0 Å². The fraction of sp³-hybridized carbons (Fsp3) is 0.700. The van der Waals surface area contributed by atoms with Gasteiger partial charge in [0.25, 0.3) is 0 Å². The van der Waals surface area contributed by atoms with Gasteiger partial charge in [0.05, 0.1) is 0 Å². The van der Waals surface area contributed by atoms with Crippen molar-refractivity contribution in [2.45, 2.75) is 64.7 Å². The van der Waals surface area contributed by atoms with Crippen LogP contribution in [0.5, 0.6) is 0 Å². The summed E-state index contributed by atoms with van der Waals surface area (Å²) >= 11 is 6.70. The summed E-state index contributed by atoms with van der Waals surface area (Å²) < 4.78 is 11.1. The molecule has 0 heterocycles. The maximum atomic E-state index is 5.56. The zero-order chi connectivity index (χ0) is 19.6. The molecule has 1 unspecified atom stereocenters. The molecule has 142 valence electrons. The minimum absolute atomic E-state index is 0.0580. The Hall–Kier alpha value is 0.479. The third kappa shape index (κ3) is 5.73. The first-order valence-corrected chi connectivity index (χ1v) is 14.4. The van der Waals surface area contributed by atoms with Crippen LogP contribution in [-0.2, 0) is 25.7 Å². The van der Waals surface area contributed by atoms with Gasteiger partial charge in [0.15, 0.2) is 0 Å². The maximum absolute atomic E-state index is 5.56. The van der Waals surface area contributed by atoms with Gasteiger partial charge < -0.3 is 0 Å². The van der Waals surface area contributed by atoms with Gasteiger partial charge in [0, 0.05) is 0 Å². The van der Waals surface area contributed by atoms with Crippen molar-refractivity contribution < 1.29 is 9.47 Å². The van der Waals surface area contributed by atoms with E-state index in [1.807, 2.05) is 0 Å². The van der Waals surface area contributed by atoms with E-state index in [0.29, 0.717) is 13.2 Å². The van der Waals surface area contributed by atoms with Crippen LogP contribution in [0.1, 0.15) is 65.2 Å². The van der Waals surface area contributed by atoms with Crippen LogP contribution in [0.25, 0.3) is 0 Å². The number of hydrogen-bond donors (Lipinski definition) is 0. The Bertz CT molecular complexity index is 592. The summed E-state index contributed by atoms with van der Waals surface area (Å²) in [5.41, 5.74) is 4.10. The van der Waals surface area contributed by atoms with E-state index in [1.54, 1.807) is 14.2 Å². The average molecular weight is 494 g/mol. The van der Waals surface area contributed by atoms with E-state index < -0.39 is 4.86 Å². The van der Waals surface area contributed by atoms with Gasteiger partial charge in [-0.2, -0.15) is 0 Å². The molecular formula is C20H33O2PSe2. The summed E-state index contributed by atoms with van der Waals surface area (Å²) in [4.78, 5) is -0.497. The van der Waals surface area contributed by atoms with Crippen LogP contribution in [-0.4, -0.2) is 58.1 Å². The fourth-order valence-electron chi connectivity index (χ4n) is 3.17. The molecule has 0 amide bonds. The van der Waals surface area contributed by atoms with Gasteiger partial charge in [-0.05, 0) is 0 Å². The summed E-state index contributed by atoms with van der Waals surface area (Å²) in [7, 11) is 3.56. The van der Waals surface area contributed by atoms with Crippen molar-refractivity contribution >= 4 is 40.8 Å². The molecule has 0 saturated heterocycles. The standard InChI is InChI=1S/C20H33O2PSe2/c1-18(2,3)14-10-15(19(4,5)12-21-8)17(23(24)25)16(11-14)20(6,7)13-22-9/h10-11H,12-13H2,1-9H3. The third-order valence-corrected chi connectivity index (χ3v) is 7.77. The summed E-state index contributed by atoms with van der Waals surface area (Å²) in [6, 6.07) is 4.79. The van der Waals surface area contributed by atoms with E-state index in [4.69, 9.17) is 9.47 Å². The molecule has 2 nitrogen and oxygen atoms in total. The van der Waals surface area contributed by atoms with Gasteiger partial charge in [0.1, 0.15) is 0 Å². The Kier molecular flexibility index (Phi) is 8.14. The molecular weight excluding hydrogens is 461 g/mol. The first-order valence-electron chi connectivity index (χ1n) is 8.59. The van der Waals surface area contributed by atoms with Crippen molar-refractivity contribution in [2.24, 2.45) is 0 Å². The summed E-state index contributed by atoms with van der Waals surface area (Å²) in [5, 5.41) is 1.41. The zero-order valence-electron chi connectivity index (χ0n) is 17.1. The quantitative estimate of drug-likeness (QED) is 0.420. The number of ether oxygens (including phenoxy) is 2. The summed E-state index contributed by atoms with van der Waals surface area (Å²) in [5.74, 6) is 0. The molecule has 0 spiro atoms. The number of rotatable bonds is 7. The van der Waals surface area contributed by atoms with Crippen LogP contribution in [0, 0.1) is 0 Å². The van der Waals surface area contributed by atoms with E-state index in [1.165, 1.54) is 22.0 Å². The third-order valence-electron chi connectivity index (χ3n) is 4.63. The minimum atomic E-state index is -0.497. The van der Waals surface area contributed by atoms with E-state index in [2.05, 4.69) is 91.3 Å². The van der Waals surface area contributed by atoms with Crippen LogP contribution in [0.2, 0.25) is 0 Å². The van der Waals surface area contributed by atoms with Gasteiger partial charge in [-0.15, -0.1) is 0 Å². The van der Waals surface area contributed by atoms with Crippen molar-refractivity contribution in [1.82, 2.24) is 0 Å². The van der Waals surface area contributed by atoms with Crippen LogP contribution < -0.4 is 5.30 Å². The molecule has 0 saturated carbocycles. The number of hydrogen-bond acceptors (Lipinski definition) is 2. The van der Waals surface area contributed by atoms with Crippen molar-refractivity contribution in [2.75, 3.05) is 27.4 Å². The molecule has 5 heteroatoms. The van der Waals surface area contributed by atoms with E-state index in [9.17, 15) is 0 Å². The van der Waals surface area contributed by atoms with E-state index in [-0.39, 0.29) is 16.2 Å². The molecule has 0 aromatic heterocycles. The Morgan fingerprint density at radius 2 is 1.24 bits per heavy atom. The molecule has 0 aliphatic carbocycles. The Morgan fingerprint density at radius 1 is 0.880 bits per heavy atom. The normalized spacial score (nSPS) is 13.9. The van der Waals surface area contributed by atoms with Crippen molar-refractivity contribution in [3.63, 3.8) is 0 Å². The first kappa shape index (κ1) is 23.5. The molecule has 0 fully saturated rings. The monoisotopic (exact) mass is 496 g/mol. The van der Waals surface area contributed by atoms with Gasteiger partial charge >= 0.3 is 171 Å². The summed E-state index contributed by atoms with van der Waals surface area (Å²) in [6.07, 6.45) is 0. The van der Waals surface area contributed by atoms with Crippen LogP contribution in [0.3, 0.4) is 0 Å². The SMILES string of the molecule is COCC(C)(C)c1cc(C(C)(C)C)cc(C(C)(C)COC)c1[P+](=[Se])[Se-]. The molecule has 1 aromatic carbocycles. The molecule has 0 bridgehead atoms. The molecule has 0 aliphatic heterocycles. The van der Waals surface area contributed by atoms with Gasteiger partial charge in [-0.25, -0.2) is 0 Å². The van der Waals surface area contributed by atoms with Crippen LogP contribution >= 0.6 is 4.86 Å². The predicted octanol–water partition coefficient (Wildman–Crippen LogP) is 4.11. The Labute approximate surface area is 170 Å². The van der Waals surface area contributed by atoms with Crippen molar-refractivity contribution in [3.8, 4) is 0 Å². The van der Waals surface area contributed by atoms with Gasteiger partial charge in [-0.1, -0.05) is 0 Å². The topological polar surface area (TPSA) is 18.5 Å². The van der Waals surface area contributed by atoms with Crippen LogP contribution in [0.4, 0.5) is 0 Å². The molecule has 1 aromatic rings.